The number of aryl methyl sites for hydroxylation is 1. The zero-order valence-corrected chi connectivity index (χ0v) is 17.8. The summed E-state index contributed by atoms with van der Waals surface area (Å²) in [6.07, 6.45) is 6.99. The lowest BCUT2D eigenvalue weighted by molar-refractivity contribution is 0.276. The fourth-order valence-corrected chi connectivity index (χ4v) is 4.72. The number of aromatic nitrogens is 4. The monoisotopic (exact) mass is 413 g/mol. The second-order valence-electron chi connectivity index (χ2n) is 8.44. The van der Waals surface area contributed by atoms with Crippen LogP contribution < -0.4 is 5.73 Å². The lowest BCUT2D eigenvalue weighted by Crippen LogP contribution is -2.41. The Labute approximate surface area is 181 Å². The molecule has 4 aromatic rings. The second-order valence-corrected chi connectivity index (χ2v) is 8.44. The Morgan fingerprint density at radius 3 is 2.87 bits per heavy atom. The maximum atomic E-state index is 9.43. The summed E-state index contributed by atoms with van der Waals surface area (Å²) in [5.41, 5.74) is 12.4. The quantitative estimate of drug-likeness (QED) is 0.510. The molecule has 6 nitrogen and oxygen atoms in total. The summed E-state index contributed by atoms with van der Waals surface area (Å²) in [4.78, 5) is 9.57. The Hall–Kier alpha value is -3.09. The first-order valence-corrected chi connectivity index (χ1v) is 11.0. The number of rotatable bonds is 5. The molecule has 3 N–H and O–H groups in total. The number of aliphatic hydroxyl groups excluding tert-OH is 1. The molecule has 1 atom stereocenters. The zero-order chi connectivity index (χ0) is 21.4. The van der Waals surface area contributed by atoms with Gasteiger partial charge in [-0.1, -0.05) is 37.6 Å². The van der Waals surface area contributed by atoms with Crippen molar-refractivity contribution in [2.75, 3.05) is 0 Å². The Morgan fingerprint density at radius 2 is 2.03 bits per heavy atom. The number of hydrogen-bond acceptors (Lipinski definition) is 5. The van der Waals surface area contributed by atoms with E-state index in [2.05, 4.69) is 47.3 Å². The van der Waals surface area contributed by atoms with Crippen molar-refractivity contribution < 1.29 is 5.11 Å². The topological polar surface area (TPSA) is 89.8 Å². The minimum atomic E-state index is -0.334. The van der Waals surface area contributed by atoms with Crippen molar-refractivity contribution in [2.24, 2.45) is 5.73 Å². The van der Waals surface area contributed by atoms with E-state index in [1.54, 1.807) is 10.7 Å². The molecule has 3 heterocycles. The third-order valence-corrected chi connectivity index (χ3v) is 6.25. The molecule has 0 spiro atoms. The van der Waals surface area contributed by atoms with Gasteiger partial charge in [-0.3, -0.25) is 4.98 Å². The Bertz CT molecular complexity index is 1250. The molecule has 3 aromatic heterocycles. The van der Waals surface area contributed by atoms with E-state index in [0.29, 0.717) is 11.5 Å². The standard InChI is InChI=1S/C25H27N5O/c1-2-12-25(26)13-4-5-17-10-11-21(29-24(17)25)18-8-9-19-15-27-30(22(19)14-18)23-7-3-6-20(16-31)28-23/h3,6-11,14-15,31H,2,4-5,12-13,16,26H2,1H3. The molecule has 6 heteroatoms. The molecule has 1 aliphatic rings. The first kappa shape index (κ1) is 19.8. The Morgan fingerprint density at radius 1 is 1.13 bits per heavy atom. The molecule has 1 aliphatic carbocycles. The van der Waals surface area contributed by atoms with Gasteiger partial charge < -0.3 is 10.8 Å². The summed E-state index contributed by atoms with van der Waals surface area (Å²) in [6.45, 7) is 2.08. The van der Waals surface area contributed by atoms with Crippen LogP contribution in [-0.2, 0) is 18.6 Å². The fourth-order valence-electron chi connectivity index (χ4n) is 4.72. The van der Waals surface area contributed by atoms with Gasteiger partial charge in [-0.05, 0) is 55.5 Å². The van der Waals surface area contributed by atoms with Gasteiger partial charge in [0, 0.05) is 10.9 Å². The average Bonchev–Trinajstić information content (AvgIpc) is 3.22. The third-order valence-electron chi connectivity index (χ3n) is 6.25. The average molecular weight is 414 g/mol. The van der Waals surface area contributed by atoms with Crippen LogP contribution in [-0.4, -0.2) is 24.9 Å². The normalized spacial score (nSPS) is 18.3. The van der Waals surface area contributed by atoms with Gasteiger partial charge >= 0.3 is 0 Å². The molecule has 1 aromatic carbocycles. The maximum Gasteiger partial charge on any atom is 0.154 e. The largest absolute Gasteiger partial charge is 0.390 e. The number of nitrogens with two attached hydrogens (primary N) is 1. The van der Waals surface area contributed by atoms with E-state index >= 15 is 0 Å². The number of pyridine rings is 2. The lowest BCUT2D eigenvalue weighted by Gasteiger charge is -2.34. The summed E-state index contributed by atoms with van der Waals surface area (Å²) in [5.74, 6) is 0.682. The summed E-state index contributed by atoms with van der Waals surface area (Å²) >= 11 is 0. The number of nitrogens with zero attached hydrogens (tertiary/aromatic N) is 4. The fraction of sp³-hybridized carbons (Fsp3) is 0.320. The van der Waals surface area contributed by atoms with Crippen molar-refractivity contribution in [1.82, 2.24) is 19.7 Å². The van der Waals surface area contributed by atoms with Gasteiger partial charge in [0.2, 0.25) is 0 Å². The van der Waals surface area contributed by atoms with Gasteiger partial charge in [0.25, 0.3) is 0 Å². The van der Waals surface area contributed by atoms with Gasteiger partial charge in [-0.15, -0.1) is 0 Å². The van der Waals surface area contributed by atoms with Crippen LogP contribution in [0.15, 0.2) is 54.7 Å². The van der Waals surface area contributed by atoms with E-state index in [4.69, 9.17) is 10.7 Å². The van der Waals surface area contributed by atoms with Crippen molar-refractivity contribution in [3.05, 3.63) is 71.7 Å². The first-order chi connectivity index (χ1) is 15.1. The van der Waals surface area contributed by atoms with E-state index in [9.17, 15) is 5.11 Å². The van der Waals surface area contributed by atoms with E-state index in [0.717, 1.165) is 60.0 Å². The minimum Gasteiger partial charge on any atom is -0.390 e. The second kappa shape index (κ2) is 7.87. The lowest BCUT2D eigenvalue weighted by atomic mass is 9.77. The Balaban J connectivity index is 1.60. The van der Waals surface area contributed by atoms with Crippen molar-refractivity contribution >= 4 is 10.9 Å². The molecule has 0 bridgehead atoms. The smallest absolute Gasteiger partial charge is 0.154 e. The van der Waals surface area contributed by atoms with Crippen LogP contribution >= 0.6 is 0 Å². The molecular weight excluding hydrogens is 386 g/mol. The molecule has 0 saturated heterocycles. The van der Waals surface area contributed by atoms with E-state index < -0.39 is 0 Å². The molecule has 0 radical (unpaired) electrons. The van der Waals surface area contributed by atoms with Gasteiger partial charge in [0.05, 0.1) is 40.9 Å². The predicted molar refractivity (Wildman–Crippen MR) is 122 cm³/mol. The first-order valence-electron chi connectivity index (χ1n) is 11.0. The number of hydrogen-bond donors (Lipinski definition) is 2. The SMILES string of the molecule is CCCC1(N)CCCc2ccc(-c3ccc4cnn(-c5cccc(CO)n5)c4c3)nc21. The van der Waals surface area contributed by atoms with Crippen molar-refractivity contribution in [3.63, 3.8) is 0 Å². The van der Waals surface area contributed by atoms with Gasteiger partial charge in [0.15, 0.2) is 5.82 Å². The highest BCUT2D eigenvalue weighted by Crippen LogP contribution is 2.37. The van der Waals surface area contributed by atoms with Crippen LogP contribution in [0, 0.1) is 0 Å². The maximum absolute atomic E-state index is 9.43. The highest BCUT2D eigenvalue weighted by atomic mass is 16.3. The minimum absolute atomic E-state index is 0.101. The van der Waals surface area contributed by atoms with Crippen LogP contribution in [0.3, 0.4) is 0 Å². The number of fused-ring (bicyclic) bond motifs is 2. The highest BCUT2D eigenvalue weighted by molar-refractivity contribution is 5.85. The molecule has 0 aliphatic heterocycles. The molecule has 0 saturated carbocycles. The van der Waals surface area contributed by atoms with Crippen LogP contribution in [0.25, 0.3) is 28.0 Å². The molecule has 1 unspecified atom stereocenters. The van der Waals surface area contributed by atoms with Crippen LogP contribution in [0.2, 0.25) is 0 Å². The van der Waals surface area contributed by atoms with E-state index in [-0.39, 0.29) is 12.1 Å². The Kier molecular flexibility index (Phi) is 5.04. The molecular formula is C25H27N5O. The van der Waals surface area contributed by atoms with Crippen molar-refractivity contribution in [1.29, 1.82) is 0 Å². The van der Waals surface area contributed by atoms with E-state index in [1.165, 1.54) is 5.56 Å². The van der Waals surface area contributed by atoms with E-state index in [1.807, 2.05) is 18.3 Å². The van der Waals surface area contributed by atoms with Crippen molar-refractivity contribution in [3.8, 4) is 17.1 Å². The van der Waals surface area contributed by atoms with Gasteiger partial charge in [-0.2, -0.15) is 5.10 Å². The number of aliphatic hydroxyl groups is 1. The molecule has 5 rings (SSSR count). The molecule has 31 heavy (non-hydrogen) atoms. The summed E-state index contributed by atoms with van der Waals surface area (Å²) in [7, 11) is 0. The van der Waals surface area contributed by atoms with Crippen molar-refractivity contribution in [2.45, 2.75) is 51.2 Å². The molecule has 158 valence electrons. The number of benzene rings is 1. The summed E-state index contributed by atoms with van der Waals surface area (Å²) < 4.78 is 1.81. The molecule has 0 amide bonds. The van der Waals surface area contributed by atoms with Crippen LogP contribution in [0.4, 0.5) is 0 Å². The third kappa shape index (κ3) is 3.52. The molecule has 0 fully saturated rings. The van der Waals surface area contributed by atoms with Gasteiger partial charge in [-0.25, -0.2) is 9.67 Å². The summed E-state index contributed by atoms with van der Waals surface area (Å²) in [6, 6.07) is 16.1. The highest BCUT2D eigenvalue weighted by Gasteiger charge is 2.33. The van der Waals surface area contributed by atoms with Crippen LogP contribution in [0.5, 0.6) is 0 Å². The van der Waals surface area contributed by atoms with Crippen LogP contribution in [0.1, 0.15) is 49.6 Å². The van der Waals surface area contributed by atoms with Gasteiger partial charge in [0.1, 0.15) is 0 Å². The predicted octanol–water partition coefficient (Wildman–Crippen LogP) is 4.27. The summed E-state index contributed by atoms with van der Waals surface area (Å²) in [5, 5.41) is 15.0. The zero-order valence-electron chi connectivity index (χ0n) is 17.8.